The molecule has 0 bridgehead atoms. The molecule has 0 aromatic carbocycles. The van der Waals surface area contributed by atoms with Gasteiger partial charge in [0.05, 0.1) is 0 Å². The van der Waals surface area contributed by atoms with Crippen LogP contribution in [-0.2, 0) is 4.79 Å². The van der Waals surface area contributed by atoms with Crippen LogP contribution in [-0.4, -0.2) is 52.1 Å². The largest absolute Gasteiger partial charge is 0.480 e. The summed E-state index contributed by atoms with van der Waals surface area (Å²) in [6.07, 6.45) is 4.37. The number of nitrogens with zero attached hydrogens (tertiary/aromatic N) is 2. The molecule has 1 atom stereocenters. The highest BCUT2D eigenvalue weighted by atomic mass is 16.4. The molecule has 0 radical (unpaired) electrons. The molecule has 21 heavy (non-hydrogen) atoms. The SMILES string of the molecule is CCC(CC)CN(CC)C(=O)N1CCCCC1(C)C(=O)O. The second-order valence-corrected chi connectivity index (χ2v) is 6.19. The fraction of sp³-hybridized carbons (Fsp3) is 0.875. The van der Waals surface area contributed by atoms with E-state index in [0.717, 1.165) is 25.7 Å². The van der Waals surface area contributed by atoms with Crippen molar-refractivity contribution in [2.45, 2.75) is 65.3 Å². The number of aliphatic carboxylic acids is 1. The van der Waals surface area contributed by atoms with Gasteiger partial charge in [0.1, 0.15) is 5.54 Å². The minimum atomic E-state index is -1.06. The molecule has 0 aliphatic carbocycles. The Bertz CT molecular complexity index is 369. The molecule has 5 nitrogen and oxygen atoms in total. The van der Waals surface area contributed by atoms with E-state index in [0.29, 0.717) is 32.0 Å². The summed E-state index contributed by atoms with van der Waals surface area (Å²) in [4.78, 5) is 27.8. The summed E-state index contributed by atoms with van der Waals surface area (Å²) in [6, 6.07) is -0.117. The number of hydrogen-bond acceptors (Lipinski definition) is 2. The molecule has 0 spiro atoms. The molecular formula is C16H30N2O3. The van der Waals surface area contributed by atoms with Gasteiger partial charge in [0.15, 0.2) is 0 Å². The third-order valence-corrected chi connectivity index (χ3v) is 4.87. The first-order chi connectivity index (χ1) is 9.90. The van der Waals surface area contributed by atoms with Gasteiger partial charge in [0.2, 0.25) is 0 Å². The molecule has 5 heteroatoms. The van der Waals surface area contributed by atoms with Crippen LogP contribution in [0.5, 0.6) is 0 Å². The van der Waals surface area contributed by atoms with Crippen LogP contribution in [0.3, 0.4) is 0 Å². The van der Waals surface area contributed by atoms with Gasteiger partial charge in [0, 0.05) is 19.6 Å². The predicted molar refractivity (Wildman–Crippen MR) is 83.3 cm³/mol. The van der Waals surface area contributed by atoms with Crippen LogP contribution in [0.2, 0.25) is 0 Å². The molecule has 1 aliphatic heterocycles. The summed E-state index contributed by atoms with van der Waals surface area (Å²) in [7, 11) is 0. The summed E-state index contributed by atoms with van der Waals surface area (Å²) < 4.78 is 0. The maximum Gasteiger partial charge on any atom is 0.329 e. The van der Waals surface area contributed by atoms with E-state index < -0.39 is 11.5 Å². The van der Waals surface area contributed by atoms with Gasteiger partial charge in [-0.1, -0.05) is 26.7 Å². The minimum absolute atomic E-state index is 0.117. The van der Waals surface area contributed by atoms with E-state index in [1.807, 2.05) is 11.8 Å². The fourth-order valence-corrected chi connectivity index (χ4v) is 3.02. The van der Waals surface area contributed by atoms with E-state index in [-0.39, 0.29) is 6.03 Å². The molecule has 1 saturated heterocycles. The van der Waals surface area contributed by atoms with Crippen molar-refractivity contribution in [3.8, 4) is 0 Å². The van der Waals surface area contributed by atoms with Gasteiger partial charge >= 0.3 is 12.0 Å². The van der Waals surface area contributed by atoms with Gasteiger partial charge in [-0.05, 0) is 39.0 Å². The highest BCUT2D eigenvalue weighted by Gasteiger charge is 2.45. The zero-order valence-corrected chi connectivity index (χ0v) is 13.9. The van der Waals surface area contributed by atoms with Crippen LogP contribution in [0, 0.1) is 5.92 Å². The first-order valence-corrected chi connectivity index (χ1v) is 8.20. The van der Waals surface area contributed by atoms with Crippen molar-refractivity contribution in [2.24, 2.45) is 5.92 Å². The number of likely N-dealkylation sites (tertiary alicyclic amines) is 1. The average molecular weight is 298 g/mol. The number of carbonyl (C=O) groups is 2. The molecular weight excluding hydrogens is 268 g/mol. The number of carboxylic acid groups (broad SMARTS) is 1. The molecule has 1 N–H and O–H groups in total. The molecule has 0 saturated carbocycles. The predicted octanol–water partition coefficient (Wildman–Crippen LogP) is 3.19. The Balaban J connectivity index is 2.88. The number of rotatable bonds is 6. The zero-order valence-electron chi connectivity index (χ0n) is 13.9. The second kappa shape index (κ2) is 7.66. The third kappa shape index (κ3) is 3.89. The van der Waals surface area contributed by atoms with E-state index in [2.05, 4.69) is 13.8 Å². The topological polar surface area (TPSA) is 60.9 Å². The van der Waals surface area contributed by atoms with Gasteiger partial charge in [-0.3, -0.25) is 0 Å². The van der Waals surface area contributed by atoms with E-state index in [1.54, 1.807) is 11.8 Å². The maximum absolute atomic E-state index is 12.8. The first kappa shape index (κ1) is 17.8. The summed E-state index contributed by atoms with van der Waals surface area (Å²) >= 11 is 0. The van der Waals surface area contributed by atoms with Crippen molar-refractivity contribution in [2.75, 3.05) is 19.6 Å². The Morgan fingerprint density at radius 2 is 1.86 bits per heavy atom. The number of urea groups is 1. The molecule has 1 heterocycles. The van der Waals surface area contributed by atoms with Crippen molar-refractivity contribution in [3.05, 3.63) is 0 Å². The van der Waals surface area contributed by atoms with Gasteiger partial charge in [-0.15, -0.1) is 0 Å². The maximum atomic E-state index is 12.8. The van der Waals surface area contributed by atoms with Gasteiger partial charge < -0.3 is 14.9 Å². The molecule has 2 amide bonds. The van der Waals surface area contributed by atoms with Gasteiger partial charge in [-0.2, -0.15) is 0 Å². The quantitative estimate of drug-likeness (QED) is 0.819. The van der Waals surface area contributed by atoms with Crippen LogP contribution in [0.25, 0.3) is 0 Å². The van der Waals surface area contributed by atoms with Crippen LogP contribution in [0.1, 0.15) is 59.8 Å². The number of carboxylic acids is 1. The molecule has 1 aliphatic rings. The summed E-state index contributed by atoms with van der Waals surface area (Å²) in [5.41, 5.74) is -1.06. The van der Waals surface area contributed by atoms with Crippen LogP contribution < -0.4 is 0 Å². The standard InChI is InChI=1S/C16H30N2O3/c1-5-13(6-2)12-17(7-3)15(21)18-11-9-8-10-16(18,4)14(19)20/h13H,5-12H2,1-4H3,(H,19,20). The Morgan fingerprint density at radius 3 is 2.33 bits per heavy atom. The van der Waals surface area contributed by atoms with Crippen molar-refractivity contribution in [3.63, 3.8) is 0 Å². The normalized spacial score (nSPS) is 22.4. The van der Waals surface area contributed by atoms with E-state index >= 15 is 0 Å². The molecule has 1 rings (SSSR count). The van der Waals surface area contributed by atoms with Crippen molar-refractivity contribution in [1.82, 2.24) is 9.80 Å². The van der Waals surface area contributed by atoms with E-state index in [9.17, 15) is 14.7 Å². The van der Waals surface area contributed by atoms with Crippen LogP contribution in [0.15, 0.2) is 0 Å². The zero-order chi connectivity index (χ0) is 16.0. The van der Waals surface area contributed by atoms with E-state index in [4.69, 9.17) is 0 Å². The molecule has 1 unspecified atom stereocenters. The lowest BCUT2D eigenvalue weighted by atomic mass is 9.88. The van der Waals surface area contributed by atoms with Crippen molar-refractivity contribution >= 4 is 12.0 Å². The smallest absolute Gasteiger partial charge is 0.329 e. The van der Waals surface area contributed by atoms with Crippen molar-refractivity contribution < 1.29 is 14.7 Å². The summed E-state index contributed by atoms with van der Waals surface area (Å²) in [6.45, 7) is 9.79. The lowest BCUT2D eigenvalue weighted by Crippen LogP contribution is -2.61. The lowest BCUT2D eigenvalue weighted by molar-refractivity contribution is -0.150. The molecule has 1 fully saturated rings. The third-order valence-electron chi connectivity index (χ3n) is 4.87. The average Bonchev–Trinajstić information content (AvgIpc) is 2.48. The van der Waals surface area contributed by atoms with Gasteiger partial charge in [0.25, 0.3) is 0 Å². The number of carbonyl (C=O) groups excluding carboxylic acids is 1. The second-order valence-electron chi connectivity index (χ2n) is 6.19. The highest BCUT2D eigenvalue weighted by molar-refractivity contribution is 5.86. The first-order valence-electron chi connectivity index (χ1n) is 8.20. The lowest BCUT2D eigenvalue weighted by Gasteiger charge is -2.44. The minimum Gasteiger partial charge on any atom is -0.480 e. The Morgan fingerprint density at radius 1 is 1.24 bits per heavy atom. The monoisotopic (exact) mass is 298 g/mol. The molecule has 0 aromatic rings. The number of hydrogen-bond donors (Lipinski definition) is 1. The Hall–Kier alpha value is -1.26. The van der Waals surface area contributed by atoms with Gasteiger partial charge in [-0.25, -0.2) is 9.59 Å². The molecule has 0 aromatic heterocycles. The highest BCUT2D eigenvalue weighted by Crippen LogP contribution is 2.29. The molecule has 122 valence electrons. The number of piperidine rings is 1. The van der Waals surface area contributed by atoms with Crippen molar-refractivity contribution in [1.29, 1.82) is 0 Å². The van der Waals surface area contributed by atoms with E-state index in [1.165, 1.54) is 0 Å². The van der Waals surface area contributed by atoms with Crippen LogP contribution >= 0.6 is 0 Å². The Labute approximate surface area is 128 Å². The Kier molecular flexibility index (Phi) is 6.49. The summed E-state index contributed by atoms with van der Waals surface area (Å²) in [5, 5.41) is 9.53. The number of amides is 2. The fourth-order valence-electron chi connectivity index (χ4n) is 3.02. The summed E-state index contributed by atoms with van der Waals surface area (Å²) in [5.74, 6) is -0.413. The van der Waals surface area contributed by atoms with Crippen LogP contribution in [0.4, 0.5) is 4.79 Å².